The van der Waals surface area contributed by atoms with E-state index in [1.807, 2.05) is 29.2 Å². The van der Waals surface area contributed by atoms with Crippen LogP contribution in [-0.4, -0.2) is 33.5 Å². The van der Waals surface area contributed by atoms with E-state index in [0.717, 1.165) is 28.7 Å². The molecule has 2 heterocycles. The minimum absolute atomic E-state index is 0. The summed E-state index contributed by atoms with van der Waals surface area (Å²) in [6.07, 6.45) is 3.22. The lowest BCUT2D eigenvalue weighted by Gasteiger charge is -2.19. The third-order valence-electron chi connectivity index (χ3n) is 3.66. The number of nitrogens with zero attached hydrogens (tertiary/aromatic N) is 2. The highest BCUT2D eigenvalue weighted by atomic mass is 79.9. The van der Waals surface area contributed by atoms with Crippen molar-refractivity contribution in [3.63, 3.8) is 0 Å². The van der Waals surface area contributed by atoms with Crippen LogP contribution in [0.5, 0.6) is 0 Å². The summed E-state index contributed by atoms with van der Waals surface area (Å²) in [6, 6.07) is 7.31. The van der Waals surface area contributed by atoms with Gasteiger partial charge in [0, 0.05) is 16.6 Å². The van der Waals surface area contributed by atoms with Gasteiger partial charge in [-0.1, -0.05) is 15.9 Å². The van der Waals surface area contributed by atoms with Crippen LogP contribution in [0.2, 0.25) is 0 Å². The molecule has 0 aliphatic carbocycles. The van der Waals surface area contributed by atoms with Crippen molar-refractivity contribution < 1.29 is 14.3 Å². The Hall–Kier alpha value is -1.37. The van der Waals surface area contributed by atoms with Crippen molar-refractivity contribution in [1.82, 2.24) is 9.88 Å². The minimum atomic E-state index is -0.760. The van der Waals surface area contributed by atoms with E-state index in [1.54, 1.807) is 6.26 Å². The molecule has 1 aliphatic heterocycles. The molecule has 1 atom stereocenters. The molecule has 7 heteroatoms. The van der Waals surface area contributed by atoms with Gasteiger partial charge in [-0.05, 0) is 43.7 Å². The van der Waals surface area contributed by atoms with Gasteiger partial charge in [0.2, 0.25) is 5.89 Å². The summed E-state index contributed by atoms with van der Waals surface area (Å²) < 4.78 is 6.50. The van der Waals surface area contributed by atoms with E-state index in [4.69, 9.17) is 4.42 Å². The van der Waals surface area contributed by atoms with Crippen LogP contribution in [0.25, 0.3) is 11.5 Å². The molecule has 3 rings (SSSR count). The Morgan fingerprint density at radius 2 is 2.14 bits per heavy atom. The molecule has 1 fully saturated rings. The summed E-state index contributed by atoms with van der Waals surface area (Å²) in [4.78, 5) is 17.6. The average Bonchev–Trinajstić information content (AvgIpc) is 3.09. The second-order valence-electron chi connectivity index (χ2n) is 5.12. The lowest BCUT2D eigenvalue weighted by atomic mass is 10.2. The Balaban J connectivity index is 0.00000176. The third-order valence-corrected chi connectivity index (χ3v) is 4.19. The van der Waals surface area contributed by atoms with Gasteiger partial charge in [0.1, 0.15) is 12.3 Å². The normalized spacial score (nSPS) is 18.1. The van der Waals surface area contributed by atoms with Crippen LogP contribution in [-0.2, 0) is 11.3 Å². The number of hydrogen-bond acceptors (Lipinski definition) is 4. The molecule has 22 heavy (non-hydrogen) atoms. The van der Waals surface area contributed by atoms with E-state index in [0.29, 0.717) is 18.9 Å². The number of oxazole rings is 1. The molecule has 0 radical (unpaired) electrons. The van der Waals surface area contributed by atoms with Crippen LogP contribution in [0, 0.1) is 0 Å². The van der Waals surface area contributed by atoms with Crippen LogP contribution < -0.4 is 0 Å². The van der Waals surface area contributed by atoms with Crippen LogP contribution in [0.15, 0.2) is 39.4 Å². The topological polar surface area (TPSA) is 66.6 Å². The van der Waals surface area contributed by atoms with Gasteiger partial charge < -0.3 is 9.52 Å². The minimum Gasteiger partial charge on any atom is -0.480 e. The first-order valence-corrected chi connectivity index (χ1v) is 7.60. The molecular weight excluding hydrogens is 372 g/mol. The highest BCUT2D eigenvalue weighted by Gasteiger charge is 2.30. The number of benzene rings is 1. The van der Waals surface area contributed by atoms with Gasteiger partial charge in [0.25, 0.3) is 0 Å². The largest absolute Gasteiger partial charge is 0.480 e. The molecule has 0 spiro atoms. The third kappa shape index (κ3) is 3.69. The molecule has 0 amide bonds. The van der Waals surface area contributed by atoms with E-state index >= 15 is 0 Å². The smallest absolute Gasteiger partial charge is 0.320 e. The van der Waals surface area contributed by atoms with Gasteiger partial charge >= 0.3 is 5.97 Å². The summed E-state index contributed by atoms with van der Waals surface area (Å²) in [7, 11) is 0. The predicted molar refractivity (Wildman–Crippen MR) is 88.0 cm³/mol. The zero-order chi connectivity index (χ0) is 14.8. The van der Waals surface area contributed by atoms with E-state index in [-0.39, 0.29) is 12.4 Å². The fraction of sp³-hybridized carbons (Fsp3) is 0.333. The van der Waals surface area contributed by atoms with Gasteiger partial charge in [0.15, 0.2) is 0 Å². The second kappa shape index (κ2) is 7.26. The van der Waals surface area contributed by atoms with Gasteiger partial charge in [-0.2, -0.15) is 0 Å². The number of halogens is 2. The van der Waals surface area contributed by atoms with Crippen LogP contribution in [0.4, 0.5) is 0 Å². The Kier molecular flexibility index (Phi) is 5.61. The number of hydrogen-bond donors (Lipinski definition) is 1. The van der Waals surface area contributed by atoms with Crippen LogP contribution >= 0.6 is 28.3 Å². The van der Waals surface area contributed by atoms with Crippen molar-refractivity contribution in [3.05, 3.63) is 40.7 Å². The monoisotopic (exact) mass is 386 g/mol. The molecule has 0 bridgehead atoms. The fourth-order valence-electron chi connectivity index (χ4n) is 2.61. The second-order valence-corrected chi connectivity index (χ2v) is 6.03. The summed E-state index contributed by atoms with van der Waals surface area (Å²) >= 11 is 3.39. The van der Waals surface area contributed by atoms with Gasteiger partial charge in [-0.3, -0.25) is 9.69 Å². The maximum atomic E-state index is 11.2. The van der Waals surface area contributed by atoms with E-state index in [1.165, 1.54) is 0 Å². The highest BCUT2D eigenvalue weighted by Crippen LogP contribution is 2.24. The fourth-order valence-corrected chi connectivity index (χ4v) is 2.87. The van der Waals surface area contributed by atoms with Crippen molar-refractivity contribution in [2.24, 2.45) is 0 Å². The van der Waals surface area contributed by atoms with Crippen molar-refractivity contribution >= 4 is 34.3 Å². The van der Waals surface area contributed by atoms with Crippen molar-refractivity contribution in [3.8, 4) is 11.5 Å². The molecule has 1 aromatic carbocycles. The summed E-state index contributed by atoms with van der Waals surface area (Å²) in [5.41, 5.74) is 1.67. The average molecular weight is 388 g/mol. The Bertz CT molecular complexity index is 644. The number of aliphatic carboxylic acids is 1. The molecule has 1 aromatic heterocycles. The SMILES string of the molecule is Cl.O=C(O)C1CCCN1Cc1coc(-c2ccc(Br)cc2)n1. The summed E-state index contributed by atoms with van der Waals surface area (Å²) in [5, 5.41) is 9.18. The quantitative estimate of drug-likeness (QED) is 0.868. The van der Waals surface area contributed by atoms with Crippen molar-refractivity contribution in [2.45, 2.75) is 25.4 Å². The molecule has 1 unspecified atom stereocenters. The zero-order valence-electron chi connectivity index (χ0n) is 11.7. The lowest BCUT2D eigenvalue weighted by Crippen LogP contribution is -2.35. The number of carboxylic acid groups (broad SMARTS) is 1. The maximum Gasteiger partial charge on any atom is 0.320 e. The lowest BCUT2D eigenvalue weighted by molar-refractivity contribution is -0.142. The Labute approximate surface area is 142 Å². The van der Waals surface area contributed by atoms with Gasteiger partial charge in [-0.15, -0.1) is 12.4 Å². The van der Waals surface area contributed by atoms with E-state index in [2.05, 4.69) is 20.9 Å². The van der Waals surface area contributed by atoms with E-state index in [9.17, 15) is 9.90 Å². The van der Waals surface area contributed by atoms with Crippen LogP contribution in [0.3, 0.4) is 0 Å². The van der Waals surface area contributed by atoms with E-state index < -0.39 is 12.0 Å². The molecular formula is C15H16BrClN2O3. The number of likely N-dealkylation sites (tertiary alicyclic amines) is 1. The molecule has 0 saturated carbocycles. The van der Waals surface area contributed by atoms with Crippen LogP contribution in [0.1, 0.15) is 18.5 Å². The van der Waals surface area contributed by atoms with Crippen molar-refractivity contribution in [2.75, 3.05) is 6.54 Å². The Morgan fingerprint density at radius 3 is 2.82 bits per heavy atom. The first-order chi connectivity index (χ1) is 10.1. The zero-order valence-corrected chi connectivity index (χ0v) is 14.1. The molecule has 1 N–H and O–H groups in total. The number of carbonyl (C=O) groups is 1. The molecule has 5 nitrogen and oxygen atoms in total. The Morgan fingerprint density at radius 1 is 1.41 bits per heavy atom. The van der Waals surface area contributed by atoms with Gasteiger partial charge in [0.05, 0.1) is 5.69 Å². The maximum absolute atomic E-state index is 11.2. The first-order valence-electron chi connectivity index (χ1n) is 6.80. The number of carboxylic acids is 1. The molecule has 1 aliphatic rings. The summed E-state index contributed by atoms with van der Waals surface area (Å²) in [6.45, 7) is 1.30. The standard InChI is InChI=1S/C15H15BrN2O3.ClH/c16-11-5-3-10(4-6-11)14-17-12(9-21-14)8-18-7-1-2-13(18)15(19)20;/h3-6,9,13H,1-2,7-8H2,(H,19,20);1H. The summed E-state index contributed by atoms with van der Waals surface area (Å²) in [5.74, 6) is -0.201. The highest BCUT2D eigenvalue weighted by molar-refractivity contribution is 9.10. The number of aromatic nitrogens is 1. The molecule has 2 aromatic rings. The van der Waals surface area contributed by atoms with Crippen molar-refractivity contribution in [1.29, 1.82) is 0 Å². The van der Waals surface area contributed by atoms with Gasteiger partial charge in [-0.25, -0.2) is 4.98 Å². The molecule has 118 valence electrons. The molecule has 1 saturated heterocycles. The predicted octanol–water partition coefficient (Wildman–Crippen LogP) is 3.57. The first kappa shape index (κ1) is 17.0. The number of rotatable bonds is 4.